The molecule has 1 aromatic heterocycles. The maximum absolute atomic E-state index is 13.4. The average molecular weight is 565 g/mol. The van der Waals surface area contributed by atoms with Crippen LogP contribution in [0.4, 0.5) is 4.79 Å². The fraction of sp³-hybridized carbons (Fsp3) is 0.433. The van der Waals surface area contributed by atoms with Gasteiger partial charge < -0.3 is 15.2 Å². The highest BCUT2D eigenvalue weighted by atomic mass is 32.1. The fourth-order valence-electron chi connectivity index (χ4n) is 4.95. The third-order valence-electron chi connectivity index (χ3n) is 7.49. The van der Waals surface area contributed by atoms with Gasteiger partial charge in [-0.1, -0.05) is 86.8 Å². The summed E-state index contributed by atoms with van der Waals surface area (Å²) in [4.78, 5) is 44.6. The molecule has 2 N–H and O–H groups in total. The van der Waals surface area contributed by atoms with Crippen molar-refractivity contribution < 1.29 is 24.2 Å². The van der Waals surface area contributed by atoms with Gasteiger partial charge in [-0.2, -0.15) is 9.36 Å². The molecule has 0 bridgehead atoms. The molecular formula is C30H36N4O5S. The summed E-state index contributed by atoms with van der Waals surface area (Å²) in [5, 5.41) is 13.4. The van der Waals surface area contributed by atoms with Crippen molar-refractivity contribution in [1.82, 2.24) is 19.6 Å². The molecule has 212 valence electrons. The first-order valence-electron chi connectivity index (χ1n) is 13.7. The molecule has 1 aliphatic rings. The van der Waals surface area contributed by atoms with E-state index in [2.05, 4.69) is 14.7 Å². The number of nitrogens with zero attached hydrogens (tertiary/aromatic N) is 3. The van der Waals surface area contributed by atoms with Crippen molar-refractivity contribution in [2.24, 2.45) is 5.41 Å². The molecule has 2 aromatic carbocycles. The van der Waals surface area contributed by atoms with Crippen molar-refractivity contribution >= 4 is 29.3 Å². The molecule has 1 saturated carbocycles. The number of hydrogen-bond donors (Lipinski definition) is 2. The van der Waals surface area contributed by atoms with E-state index < -0.39 is 29.2 Å². The second kappa shape index (κ2) is 13.5. The summed E-state index contributed by atoms with van der Waals surface area (Å²) in [6, 6.07) is 17.5. The average Bonchev–Trinajstić information content (AvgIpc) is 3.43. The number of benzene rings is 2. The molecule has 1 aliphatic carbocycles. The highest BCUT2D eigenvalue weighted by Crippen LogP contribution is 2.43. The van der Waals surface area contributed by atoms with Gasteiger partial charge in [0, 0.05) is 29.1 Å². The first kappa shape index (κ1) is 29.2. The molecule has 9 nitrogen and oxygen atoms in total. The van der Waals surface area contributed by atoms with Gasteiger partial charge in [-0.05, 0) is 31.7 Å². The van der Waals surface area contributed by atoms with E-state index in [9.17, 15) is 19.5 Å². The fourth-order valence-corrected chi connectivity index (χ4v) is 5.50. The maximum Gasteiger partial charge on any atom is 0.407 e. The number of nitrogens with one attached hydrogen (secondary N) is 1. The summed E-state index contributed by atoms with van der Waals surface area (Å²) in [6.45, 7) is 4.13. The zero-order chi connectivity index (χ0) is 28.5. The van der Waals surface area contributed by atoms with E-state index in [4.69, 9.17) is 4.74 Å². The third-order valence-corrected chi connectivity index (χ3v) is 8.12. The van der Waals surface area contributed by atoms with Crippen LogP contribution < -0.4 is 10.1 Å². The largest absolute Gasteiger partial charge is 0.468 e. The van der Waals surface area contributed by atoms with Gasteiger partial charge in [0.25, 0.3) is 11.1 Å². The van der Waals surface area contributed by atoms with Crippen molar-refractivity contribution in [2.75, 3.05) is 13.2 Å². The van der Waals surface area contributed by atoms with Gasteiger partial charge >= 0.3 is 6.09 Å². The number of carboxylic acid groups (broad SMARTS) is 1. The van der Waals surface area contributed by atoms with Crippen LogP contribution in [0.15, 0.2) is 60.7 Å². The predicted molar refractivity (Wildman–Crippen MR) is 153 cm³/mol. The quantitative estimate of drug-likeness (QED) is 0.240. The smallest absolute Gasteiger partial charge is 0.407 e. The van der Waals surface area contributed by atoms with Gasteiger partial charge in [-0.25, -0.2) is 4.79 Å². The van der Waals surface area contributed by atoms with E-state index in [0.717, 1.165) is 53.2 Å². The number of amides is 2. The van der Waals surface area contributed by atoms with Crippen molar-refractivity contribution in [3.05, 3.63) is 66.2 Å². The summed E-state index contributed by atoms with van der Waals surface area (Å²) < 4.78 is 10.4. The Morgan fingerprint density at radius 3 is 2.38 bits per heavy atom. The Morgan fingerprint density at radius 1 is 1.10 bits per heavy atom. The van der Waals surface area contributed by atoms with E-state index in [1.807, 2.05) is 67.6 Å². The summed E-state index contributed by atoms with van der Waals surface area (Å²) in [5.74, 6) is -0.924. The number of hydrogen-bond acceptors (Lipinski definition) is 7. The molecule has 10 heteroatoms. The minimum atomic E-state index is -1.22. The van der Waals surface area contributed by atoms with Crippen LogP contribution in [-0.4, -0.2) is 56.3 Å². The molecule has 1 fully saturated rings. The highest BCUT2D eigenvalue weighted by molar-refractivity contribution is 7.07. The van der Waals surface area contributed by atoms with Crippen molar-refractivity contribution in [3.8, 4) is 16.6 Å². The molecule has 0 saturated heterocycles. The van der Waals surface area contributed by atoms with Crippen LogP contribution in [0.3, 0.4) is 0 Å². The molecule has 0 aliphatic heterocycles. The van der Waals surface area contributed by atoms with E-state index in [1.165, 1.54) is 0 Å². The first-order chi connectivity index (χ1) is 19.3. The highest BCUT2D eigenvalue weighted by Gasteiger charge is 2.44. The minimum Gasteiger partial charge on any atom is -0.468 e. The van der Waals surface area contributed by atoms with Gasteiger partial charge in [0.2, 0.25) is 5.78 Å². The number of ether oxygens (including phenoxy) is 1. The Kier molecular flexibility index (Phi) is 9.87. The molecular weight excluding hydrogens is 528 g/mol. The Hall–Kier alpha value is -3.79. The van der Waals surface area contributed by atoms with Crippen molar-refractivity contribution in [2.45, 2.75) is 64.5 Å². The van der Waals surface area contributed by atoms with E-state index in [-0.39, 0.29) is 25.6 Å². The maximum atomic E-state index is 13.4. The molecule has 40 heavy (non-hydrogen) atoms. The number of carbonyl (C=O) groups is 3. The molecule has 0 unspecified atom stereocenters. The van der Waals surface area contributed by atoms with Gasteiger partial charge in [0.15, 0.2) is 5.82 Å². The van der Waals surface area contributed by atoms with Gasteiger partial charge in [-0.3, -0.25) is 14.5 Å². The van der Waals surface area contributed by atoms with Crippen LogP contribution >= 0.6 is 11.5 Å². The topological polar surface area (TPSA) is 122 Å². The molecule has 4 rings (SSSR count). The Morgan fingerprint density at radius 2 is 1.77 bits per heavy atom. The number of rotatable bonds is 14. The van der Waals surface area contributed by atoms with Crippen molar-refractivity contribution in [1.29, 1.82) is 0 Å². The lowest BCUT2D eigenvalue weighted by Gasteiger charge is -2.45. The van der Waals surface area contributed by atoms with Gasteiger partial charge in [-0.15, -0.1) is 0 Å². The van der Waals surface area contributed by atoms with E-state index in [1.54, 1.807) is 6.92 Å². The van der Waals surface area contributed by atoms with E-state index >= 15 is 0 Å². The van der Waals surface area contributed by atoms with Crippen LogP contribution in [-0.2, 0) is 9.59 Å². The zero-order valence-corrected chi connectivity index (χ0v) is 23.7. The molecule has 2 amide bonds. The summed E-state index contributed by atoms with van der Waals surface area (Å²) in [5.41, 5.74) is 1.29. The summed E-state index contributed by atoms with van der Waals surface area (Å²) in [7, 11) is 0. The monoisotopic (exact) mass is 564 g/mol. The molecule has 3 aromatic rings. The number of carbonyl (C=O) groups excluding carboxylic acids is 2. The van der Waals surface area contributed by atoms with Gasteiger partial charge in [0.1, 0.15) is 6.04 Å². The van der Waals surface area contributed by atoms with Crippen LogP contribution in [0.1, 0.15) is 64.0 Å². The summed E-state index contributed by atoms with van der Waals surface area (Å²) >= 11 is 1.15. The Bertz CT molecular complexity index is 1280. The number of unbranched alkanes of at least 4 members (excludes halogenated alkanes) is 1. The normalized spacial score (nSPS) is 15.3. The Labute approximate surface area is 238 Å². The minimum absolute atomic E-state index is 0.105. The standard InChI is InChI=1S/C30H36N4O5S/c1-3-4-16-24(25(35)27(36)31-21(2)22-12-7-5-8-13-22)34(29(37)38)19-30(17-11-18-30)20-39-28-32-26(33-40-28)23-14-9-6-10-15-23/h5-10,12-15,21,24H,3-4,11,16-20H2,1-2H3,(H,31,36)(H,37,38)/t21-,24+/m1/s1. The first-order valence-corrected chi connectivity index (χ1v) is 14.5. The van der Waals surface area contributed by atoms with E-state index in [0.29, 0.717) is 17.4 Å². The summed E-state index contributed by atoms with van der Waals surface area (Å²) in [6.07, 6.45) is 2.91. The predicted octanol–water partition coefficient (Wildman–Crippen LogP) is 5.74. The number of ketones is 1. The number of aromatic nitrogens is 2. The lowest BCUT2D eigenvalue weighted by molar-refractivity contribution is -0.141. The van der Waals surface area contributed by atoms with Gasteiger partial charge in [0.05, 0.1) is 12.6 Å². The van der Waals surface area contributed by atoms with Crippen molar-refractivity contribution in [3.63, 3.8) is 0 Å². The Balaban J connectivity index is 1.45. The van der Waals surface area contributed by atoms with Crippen LogP contribution in [0.5, 0.6) is 5.19 Å². The van der Waals surface area contributed by atoms with Crippen LogP contribution in [0, 0.1) is 5.41 Å². The lowest BCUT2D eigenvalue weighted by Crippen LogP contribution is -2.55. The van der Waals surface area contributed by atoms with Crippen LogP contribution in [0.25, 0.3) is 11.4 Å². The number of Topliss-reactive ketones (excluding diaryl/α,β-unsaturated/α-hetero) is 1. The lowest BCUT2D eigenvalue weighted by atomic mass is 9.69. The second-order valence-corrected chi connectivity index (χ2v) is 11.1. The third kappa shape index (κ3) is 7.24. The molecule has 1 heterocycles. The second-order valence-electron chi connectivity index (χ2n) is 10.4. The SMILES string of the molecule is CCCC[C@@H](C(=O)C(=O)N[C@H](C)c1ccccc1)N(CC1(COc2nc(-c3ccccc3)ns2)CCC1)C(=O)O. The molecule has 0 radical (unpaired) electrons. The molecule has 0 spiro atoms. The molecule has 2 atom stereocenters. The van der Waals surface area contributed by atoms with Crippen LogP contribution in [0.2, 0.25) is 0 Å². The zero-order valence-electron chi connectivity index (χ0n) is 22.9.